The summed E-state index contributed by atoms with van der Waals surface area (Å²) >= 11 is 0. The Kier molecular flexibility index (Phi) is 5.30. The van der Waals surface area contributed by atoms with E-state index in [1.54, 1.807) is 0 Å². The average molecular weight is 369 g/mol. The van der Waals surface area contributed by atoms with Crippen LogP contribution in [0.25, 0.3) is 22.1 Å². The van der Waals surface area contributed by atoms with E-state index in [0.29, 0.717) is 6.61 Å². The zero-order chi connectivity index (χ0) is 18.8. The molecule has 1 heterocycles. The van der Waals surface area contributed by atoms with Crippen LogP contribution in [0.15, 0.2) is 42.5 Å². The van der Waals surface area contributed by atoms with Gasteiger partial charge >= 0.3 is 0 Å². The van der Waals surface area contributed by atoms with Gasteiger partial charge in [0.2, 0.25) is 0 Å². The van der Waals surface area contributed by atoms with Gasteiger partial charge in [0.05, 0.1) is 23.2 Å². The minimum atomic E-state index is -1.69. The summed E-state index contributed by atoms with van der Waals surface area (Å²) in [6.07, 6.45) is 0.865. The lowest BCUT2D eigenvalue weighted by molar-refractivity contribution is 0.235. The first kappa shape index (κ1) is 18.8. The van der Waals surface area contributed by atoms with Crippen LogP contribution in [-0.2, 0) is 4.43 Å². The molecule has 0 spiro atoms. The third kappa shape index (κ3) is 4.05. The molecule has 0 aliphatic rings. The number of ether oxygens (including phenoxy) is 1. The topological polar surface area (TPSA) is 44.2 Å². The maximum absolute atomic E-state index is 6.21. The van der Waals surface area contributed by atoms with Crippen molar-refractivity contribution in [1.29, 1.82) is 0 Å². The molecule has 3 aromatic rings. The SMILES string of the molecule is CC(C)(C)[Si](C)(C)OCCCOc1cccc2nc3ccccc3nc12. The summed E-state index contributed by atoms with van der Waals surface area (Å²) in [5.74, 6) is 0.785. The number of hydrogen-bond donors (Lipinski definition) is 0. The summed E-state index contributed by atoms with van der Waals surface area (Å²) in [7, 11) is -1.69. The fourth-order valence-electron chi connectivity index (χ4n) is 2.52. The first-order valence-corrected chi connectivity index (χ1v) is 12.1. The molecule has 0 amide bonds. The molecule has 0 bridgehead atoms. The van der Waals surface area contributed by atoms with Crippen molar-refractivity contribution in [2.45, 2.75) is 45.3 Å². The Hall–Kier alpha value is -1.98. The van der Waals surface area contributed by atoms with Crippen LogP contribution < -0.4 is 4.74 Å². The van der Waals surface area contributed by atoms with Gasteiger partial charge in [0.25, 0.3) is 0 Å². The van der Waals surface area contributed by atoms with Gasteiger partial charge in [0.1, 0.15) is 11.3 Å². The molecule has 138 valence electrons. The fraction of sp³-hybridized carbons (Fsp3) is 0.429. The molecule has 0 atom stereocenters. The van der Waals surface area contributed by atoms with Crippen molar-refractivity contribution in [3.8, 4) is 5.75 Å². The lowest BCUT2D eigenvalue weighted by atomic mass is 10.2. The van der Waals surface area contributed by atoms with Crippen LogP contribution in [-0.4, -0.2) is 31.5 Å². The smallest absolute Gasteiger partial charge is 0.191 e. The Morgan fingerprint density at radius 2 is 1.50 bits per heavy atom. The summed E-state index contributed by atoms with van der Waals surface area (Å²) in [6.45, 7) is 12.7. The number of nitrogens with zero attached hydrogens (tertiary/aromatic N) is 2. The van der Waals surface area contributed by atoms with E-state index in [1.807, 2.05) is 42.5 Å². The van der Waals surface area contributed by atoms with Gasteiger partial charge in [-0.3, -0.25) is 0 Å². The Morgan fingerprint density at radius 3 is 2.19 bits per heavy atom. The molecule has 3 rings (SSSR count). The summed E-state index contributed by atoms with van der Waals surface area (Å²) in [4.78, 5) is 9.42. The normalized spacial score (nSPS) is 12.7. The molecule has 0 N–H and O–H groups in total. The van der Waals surface area contributed by atoms with E-state index < -0.39 is 8.32 Å². The molecule has 2 aromatic carbocycles. The van der Waals surface area contributed by atoms with Crippen LogP contribution in [0.1, 0.15) is 27.2 Å². The summed E-state index contributed by atoms with van der Waals surface area (Å²) < 4.78 is 12.2. The summed E-state index contributed by atoms with van der Waals surface area (Å²) in [6, 6.07) is 13.8. The molecule has 0 radical (unpaired) electrons. The summed E-state index contributed by atoms with van der Waals surface area (Å²) in [5.41, 5.74) is 3.47. The van der Waals surface area contributed by atoms with Crippen molar-refractivity contribution < 1.29 is 9.16 Å². The molecule has 0 saturated heterocycles. The van der Waals surface area contributed by atoms with E-state index in [-0.39, 0.29) is 5.04 Å². The average Bonchev–Trinajstić information content (AvgIpc) is 2.59. The standard InChI is InChI=1S/C21H28N2O2Si/c1-21(2,3)26(4,5)25-15-9-14-24-19-13-8-12-18-20(19)23-17-11-7-6-10-16(17)22-18/h6-8,10-13H,9,14-15H2,1-5H3. The van der Waals surface area contributed by atoms with Gasteiger partial charge in [-0.1, -0.05) is 39.0 Å². The van der Waals surface area contributed by atoms with Crippen molar-refractivity contribution in [1.82, 2.24) is 9.97 Å². The third-order valence-electron chi connectivity index (χ3n) is 5.15. The van der Waals surface area contributed by atoms with Gasteiger partial charge in [0, 0.05) is 13.0 Å². The highest BCUT2D eigenvalue weighted by Crippen LogP contribution is 2.36. The van der Waals surface area contributed by atoms with Crippen molar-refractivity contribution >= 4 is 30.4 Å². The highest BCUT2D eigenvalue weighted by molar-refractivity contribution is 6.74. The molecule has 0 aliphatic heterocycles. The molecular formula is C21H28N2O2Si. The second kappa shape index (κ2) is 7.33. The number of aromatic nitrogens is 2. The molecule has 4 nitrogen and oxygen atoms in total. The zero-order valence-electron chi connectivity index (χ0n) is 16.4. The Labute approximate surface area is 156 Å². The van der Waals surface area contributed by atoms with Gasteiger partial charge in [-0.15, -0.1) is 0 Å². The van der Waals surface area contributed by atoms with E-state index in [1.165, 1.54) is 0 Å². The van der Waals surface area contributed by atoms with Crippen LogP contribution >= 0.6 is 0 Å². The van der Waals surface area contributed by atoms with E-state index in [9.17, 15) is 0 Å². The number of hydrogen-bond acceptors (Lipinski definition) is 4. The highest BCUT2D eigenvalue weighted by atomic mass is 28.4. The van der Waals surface area contributed by atoms with E-state index in [0.717, 1.165) is 40.8 Å². The Balaban J connectivity index is 1.65. The molecule has 0 unspecified atom stereocenters. The zero-order valence-corrected chi connectivity index (χ0v) is 17.4. The maximum Gasteiger partial charge on any atom is 0.191 e. The largest absolute Gasteiger partial charge is 0.491 e. The Bertz CT molecular complexity index is 903. The Morgan fingerprint density at radius 1 is 0.846 bits per heavy atom. The quantitative estimate of drug-likeness (QED) is 0.324. The lowest BCUT2D eigenvalue weighted by Crippen LogP contribution is -2.41. The predicted molar refractivity (Wildman–Crippen MR) is 110 cm³/mol. The van der Waals surface area contributed by atoms with Crippen LogP contribution in [0.3, 0.4) is 0 Å². The second-order valence-corrected chi connectivity index (χ2v) is 13.0. The van der Waals surface area contributed by atoms with Crippen molar-refractivity contribution in [3.63, 3.8) is 0 Å². The molecular weight excluding hydrogens is 340 g/mol. The van der Waals surface area contributed by atoms with Crippen LogP contribution in [0.4, 0.5) is 0 Å². The molecule has 0 fully saturated rings. The number of rotatable bonds is 6. The summed E-state index contributed by atoms with van der Waals surface area (Å²) in [5, 5.41) is 0.236. The fourth-order valence-corrected chi connectivity index (χ4v) is 3.61. The van der Waals surface area contributed by atoms with Crippen LogP contribution in [0, 0.1) is 0 Å². The molecule has 0 aliphatic carbocycles. The van der Waals surface area contributed by atoms with Crippen LogP contribution in [0.5, 0.6) is 5.75 Å². The lowest BCUT2D eigenvalue weighted by Gasteiger charge is -2.36. The third-order valence-corrected chi connectivity index (χ3v) is 9.69. The van der Waals surface area contributed by atoms with Gasteiger partial charge in [-0.2, -0.15) is 0 Å². The van der Waals surface area contributed by atoms with E-state index >= 15 is 0 Å². The van der Waals surface area contributed by atoms with Gasteiger partial charge in [-0.25, -0.2) is 9.97 Å². The first-order chi connectivity index (χ1) is 12.3. The van der Waals surface area contributed by atoms with Crippen molar-refractivity contribution in [2.75, 3.05) is 13.2 Å². The number of fused-ring (bicyclic) bond motifs is 2. The molecule has 5 heteroatoms. The monoisotopic (exact) mass is 368 g/mol. The second-order valence-electron chi connectivity index (χ2n) is 8.15. The minimum Gasteiger partial charge on any atom is -0.491 e. The van der Waals surface area contributed by atoms with Crippen molar-refractivity contribution in [3.05, 3.63) is 42.5 Å². The van der Waals surface area contributed by atoms with Crippen molar-refractivity contribution in [2.24, 2.45) is 0 Å². The minimum absolute atomic E-state index is 0.236. The van der Waals surface area contributed by atoms with E-state index in [2.05, 4.69) is 38.8 Å². The van der Waals surface area contributed by atoms with Crippen LogP contribution in [0.2, 0.25) is 18.1 Å². The molecule has 1 aromatic heterocycles. The molecule has 26 heavy (non-hydrogen) atoms. The highest BCUT2D eigenvalue weighted by Gasteiger charge is 2.36. The van der Waals surface area contributed by atoms with Gasteiger partial charge < -0.3 is 9.16 Å². The predicted octanol–water partition coefficient (Wildman–Crippen LogP) is 5.57. The van der Waals surface area contributed by atoms with E-state index in [4.69, 9.17) is 14.1 Å². The molecule has 0 saturated carbocycles. The van der Waals surface area contributed by atoms with Gasteiger partial charge in [-0.05, 0) is 42.4 Å². The number of benzene rings is 2. The maximum atomic E-state index is 6.21. The number of para-hydroxylation sites is 3. The first-order valence-electron chi connectivity index (χ1n) is 9.20. The van der Waals surface area contributed by atoms with Gasteiger partial charge in [0.15, 0.2) is 8.32 Å².